The highest BCUT2D eigenvalue weighted by Gasteiger charge is 2.40. The van der Waals surface area contributed by atoms with Gasteiger partial charge in [0.1, 0.15) is 5.60 Å². The molecule has 1 N–H and O–H groups in total. The Hall–Kier alpha value is -0.480. The number of aliphatic hydroxyl groups is 1. The van der Waals surface area contributed by atoms with E-state index in [-0.39, 0.29) is 11.3 Å². The van der Waals surface area contributed by atoms with Gasteiger partial charge < -0.3 is 5.11 Å². The first-order valence-electron chi connectivity index (χ1n) is 3.96. The van der Waals surface area contributed by atoms with Crippen LogP contribution in [0.15, 0.2) is 0 Å². The SMILES string of the molecule is C#CC(O)(C(C)C)C(C)(C)C. The molecular weight excluding hydrogens is 136 g/mol. The zero-order chi connectivity index (χ0) is 9.28. The van der Waals surface area contributed by atoms with Gasteiger partial charge in [-0.15, -0.1) is 6.42 Å². The summed E-state index contributed by atoms with van der Waals surface area (Å²) in [5.41, 5.74) is -1.25. The minimum atomic E-state index is -0.993. The number of hydrogen-bond acceptors (Lipinski definition) is 1. The van der Waals surface area contributed by atoms with Crippen LogP contribution >= 0.6 is 0 Å². The first kappa shape index (κ1) is 10.5. The molecule has 0 heterocycles. The molecule has 0 aliphatic rings. The van der Waals surface area contributed by atoms with E-state index in [4.69, 9.17) is 6.42 Å². The number of terminal acetylenes is 1. The Morgan fingerprint density at radius 1 is 1.27 bits per heavy atom. The number of hydrogen-bond donors (Lipinski definition) is 1. The summed E-state index contributed by atoms with van der Waals surface area (Å²) in [5, 5.41) is 10.00. The van der Waals surface area contributed by atoms with Crippen LogP contribution in [0.1, 0.15) is 34.6 Å². The molecule has 64 valence electrons. The molecule has 0 aromatic rings. The molecule has 1 nitrogen and oxygen atoms in total. The molecule has 0 radical (unpaired) electrons. The second kappa shape index (κ2) is 2.87. The van der Waals surface area contributed by atoms with Crippen LogP contribution in [0.2, 0.25) is 0 Å². The van der Waals surface area contributed by atoms with Crippen LogP contribution in [0.4, 0.5) is 0 Å². The Labute approximate surface area is 69.8 Å². The minimum absolute atomic E-state index is 0.0903. The smallest absolute Gasteiger partial charge is 0.132 e. The van der Waals surface area contributed by atoms with Gasteiger partial charge in [0.15, 0.2) is 0 Å². The van der Waals surface area contributed by atoms with E-state index in [1.165, 1.54) is 0 Å². The van der Waals surface area contributed by atoms with Crippen LogP contribution < -0.4 is 0 Å². The van der Waals surface area contributed by atoms with E-state index in [1.54, 1.807) is 0 Å². The molecule has 1 unspecified atom stereocenters. The van der Waals surface area contributed by atoms with Gasteiger partial charge in [0.05, 0.1) is 0 Å². The third-order valence-electron chi connectivity index (χ3n) is 2.20. The van der Waals surface area contributed by atoms with Crippen molar-refractivity contribution < 1.29 is 5.11 Å². The summed E-state index contributed by atoms with van der Waals surface area (Å²) >= 11 is 0. The molecule has 0 aliphatic heterocycles. The Kier molecular flexibility index (Phi) is 2.74. The van der Waals surface area contributed by atoms with Crippen LogP contribution in [0.25, 0.3) is 0 Å². The Morgan fingerprint density at radius 3 is 1.64 bits per heavy atom. The van der Waals surface area contributed by atoms with E-state index in [0.29, 0.717) is 0 Å². The largest absolute Gasteiger partial charge is 0.377 e. The maximum absolute atomic E-state index is 10.00. The zero-order valence-electron chi connectivity index (χ0n) is 8.10. The fraction of sp³-hybridized carbons (Fsp3) is 0.800. The topological polar surface area (TPSA) is 20.2 Å². The summed E-state index contributed by atoms with van der Waals surface area (Å²) in [5.74, 6) is 2.56. The summed E-state index contributed by atoms with van der Waals surface area (Å²) in [6.45, 7) is 9.72. The fourth-order valence-corrected chi connectivity index (χ4v) is 1.25. The highest BCUT2D eigenvalue weighted by atomic mass is 16.3. The monoisotopic (exact) mass is 154 g/mol. The average Bonchev–Trinajstić information content (AvgIpc) is 1.83. The van der Waals surface area contributed by atoms with E-state index in [9.17, 15) is 5.11 Å². The van der Waals surface area contributed by atoms with Crippen molar-refractivity contribution in [2.75, 3.05) is 0 Å². The van der Waals surface area contributed by atoms with Crippen molar-refractivity contribution in [3.63, 3.8) is 0 Å². The van der Waals surface area contributed by atoms with Crippen molar-refractivity contribution in [1.82, 2.24) is 0 Å². The van der Waals surface area contributed by atoms with Gasteiger partial charge in [-0.05, 0) is 5.92 Å². The van der Waals surface area contributed by atoms with Crippen LogP contribution in [-0.4, -0.2) is 10.7 Å². The summed E-state index contributed by atoms with van der Waals surface area (Å²) in [7, 11) is 0. The van der Waals surface area contributed by atoms with Gasteiger partial charge in [0.2, 0.25) is 0 Å². The molecule has 0 spiro atoms. The average molecular weight is 154 g/mol. The fourth-order valence-electron chi connectivity index (χ4n) is 1.25. The van der Waals surface area contributed by atoms with E-state index in [2.05, 4.69) is 5.92 Å². The van der Waals surface area contributed by atoms with Gasteiger partial charge in [0, 0.05) is 5.41 Å². The molecule has 0 amide bonds. The van der Waals surface area contributed by atoms with E-state index in [0.717, 1.165) is 0 Å². The van der Waals surface area contributed by atoms with Gasteiger partial charge in [0.25, 0.3) is 0 Å². The van der Waals surface area contributed by atoms with Crippen LogP contribution in [0.3, 0.4) is 0 Å². The lowest BCUT2D eigenvalue weighted by Crippen LogP contribution is -2.46. The third-order valence-corrected chi connectivity index (χ3v) is 2.20. The Morgan fingerprint density at radius 2 is 1.64 bits per heavy atom. The van der Waals surface area contributed by atoms with Crippen molar-refractivity contribution in [2.24, 2.45) is 11.3 Å². The van der Waals surface area contributed by atoms with E-state index in [1.807, 2.05) is 34.6 Å². The minimum Gasteiger partial charge on any atom is -0.377 e. The molecule has 0 saturated carbocycles. The molecule has 11 heavy (non-hydrogen) atoms. The van der Waals surface area contributed by atoms with Gasteiger partial charge in [-0.25, -0.2) is 0 Å². The van der Waals surface area contributed by atoms with Gasteiger partial charge in [-0.2, -0.15) is 0 Å². The Balaban J connectivity index is 4.80. The third kappa shape index (κ3) is 1.75. The van der Waals surface area contributed by atoms with Crippen molar-refractivity contribution >= 4 is 0 Å². The second-order valence-corrected chi connectivity index (χ2v) is 4.32. The van der Waals surface area contributed by atoms with Crippen molar-refractivity contribution in [1.29, 1.82) is 0 Å². The van der Waals surface area contributed by atoms with Crippen LogP contribution in [-0.2, 0) is 0 Å². The normalized spacial score (nSPS) is 17.6. The molecular formula is C10H18O. The summed E-state index contributed by atoms with van der Waals surface area (Å²) in [6.07, 6.45) is 5.29. The molecule has 1 heteroatoms. The quantitative estimate of drug-likeness (QED) is 0.573. The van der Waals surface area contributed by atoms with E-state index >= 15 is 0 Å². The predicted octanol–water partition coefficient (Wildman–Crippen LogP) is 2.05. The molecule has 0 rings (SSSR count). The predicted molar refractivity (Wildman–Crippen MR) is 48.1 cm³/mol. The highest BCUT2D eigenvalue weighted by Crippen LogP contribution is 2.35. The lowest BCUT2D eigenvalue weighted by atomic mass is 9.70. The highest BCUT2D eigenvalue weighted by molar-refractivity contribution is 5.14. The Bertz CT molecular complexity index is 168. The molecule has 0 bridgehead atoms. The van der Waals surface area contributed by atoms with Crippen molar-refractivity contribution in [2.45, 2.75) is 40.2 Å². The number of rotatable bonds is 1. The molecule has 0 saturated heterocycles. The first-order valence-corrected chi connectivity index (χ1v) is 3.96. The van der Waals surface area contributed by atoms with Gasteiger partial charge >= 0.3 is 0 Å². The molecule has 1 atom stereocenters. The van der Waals surface area contributed by atoms with Crippen LogP contribution in [0.5, 0.6) is 0 Å². The molecule has 0 aromatic heterocycles. The first-order chi connectivity index (χ1) is 4.75. The maximum atomic E-state index is 10.00. The maximum Gasteiger partial charge on any atom is 0.132 e. The second-order valence-electron chi connectivity index (χ2n) is 4.32. The van der Waals surface area contributed by atoms with Gasteiger partial charge in [-0.1, -0.05) is 40.5 Å². The zero-order valence-corrected chi connectivity index (χ0v) is 8.10. The van der Waals surface area contributed by atoms with Crippen molar-refractivity contribution in [3.05, 3.63) is 0 Å². The summed E-state index contributed by atoms with van der Waals surface area (Å²) in [6, 6.07) is 0. The summed E-state index contributed by atoms with van der Waals surface area (Å²) in [4.78, 5) is 0. The lowest BCUT2D eigenvalue weighted by Gasteiger charge is -2.39. The molecule has 0 fully saturated rings. The van der Waals surface area contributed by atoms with Crippen molar-refractivity contribution in [3.8, 4) is 12.3 Å². The lowest BCUT2D eigenvalue weighted by molar-refractivity contribution is -0.0424. The van der Waals surface area contributed by atoms with Gasteiger partial charge in [-0.3, -0.25) is 0 Å². The van der Waals surface area contributed by atoms with E-state index < -0.39 is 5.60 Å². The standard InChI is InChI=1S/C10H18O/c1-7-10(11,8(2)3)9(4,5)6/h1,8,11H,2-6H3. The molecule has 0 aromatic carbocycles. The molecule has 0 aliphatic carbocycles. The van der Waals surface area contributed by atoms with Crippen LogP contribution in [0, 0.1) is 23.7 Å². The summed E-state index contributed by atoms with van der Waals surface area (Å²) < 4.78 is 0.